The van der Waals surface area contributed by atoms with Gasteiger partial charge >= 0.3 is 0 Å². The Morgan fingerprint density at radius 3 is 2.68 bits per heavy atom. The number of piperazine rings is 1. The molecule has 1 aromatic heterocycles. The van der Waals surface area contributed by atoms with Gasteiger partial charge in [0.2, 0.25) is 5.91 Å². The summed E-state index contributed by atoms with van der Waals surface area (Å²) in [5, 5.41) is 0.682. The molecule has 7 heteroatoms. The fourth-order valence-electron chi connectivity index (χ4n) is 3.99. The summed E-state index contributed by atoms with van der Waals surface area (Å²) in [6, 6.07) is 9.00. The lowest BCUT2D eigenvalue weighted by molar-refractivity contribution is -0.132. The number of rotatable bonds is 4. The van der Waals surface area contributed by atoms with Crippen LogP contribution >= 0.6 is 11.6 Å². The minimum absolute atomic E-state index is 0.00580. The first kappa shape index (κ1) is 19.2. The number of benzene rings is 1. The quantitative estimate of drug-likeness (QED) is 0.853. The van der Waals surface area contributed by atoms with Crippen LogP contribution < -0.4 is 10.6 Å². The maximum atomic E-state index is 12.8. The summed E-state index contributed by atoms with van der Waals surface area (Å²) in [6.45, 7) is 5.53. The van der Waals surface area contributed by atoms with Crippen LogP contribution in [0.25, 0.3) is 0 Å². The van der Waals surface area contributed by atoms with Gasteiger partial charge in [-0.2, -0.15) is 0 Å². The largest absolute Gasteiger partial charge is 0.368 e. The van der Waals surface area contributed by atoms with Gasteiger partial charge in [0, 0.05) is 48.6 Å². The molecular weight excluding hydrogens is 376 g/mol. The van der Waals surface area contributed by atoms with Crippen molar-refractivity contribution in [3.63, 3.8) is 0 Å². The second kappa shape index (κ2) is 8.07. The Morgan fingerprint density at radius 1 is 1.25 bits per heavy atom. The summed E-state index contributed by atoms with van der Waals surface area (Å²) in [5.74, 6) is 0.00580. The number of hydrogen-bond acceptors (Lipinski definition) is 5. The number of nitrogens with two attached hydrogens (primary N) is 1. The third-order valence-corrected chi connectivity index (χ3v) is 5.80. The number of anilines is 1. The van der Waals surface area contributed by atoms with Crippen LogP contribution in [0.4, 0.5) is 5.69 Å². The molecule has 1 aromatic carbocycles. The van der Waals surface area contributed by atoms with E-state index < -0.39 is 6.04 Å². The molecule has 2 atom stereocenters. The molecule has 1 saturated heterocycles. The Morgan fingerprint density at radius 2 is 1.96 bits per heavy atom. The van der Waals surface area contributed by atoms with Crippen LogP contribution in [0.2, 0.25) is 5.02 Å². The van der Waals surface area contributed by atoms with Crippen molar-refractivity contribution in [1.29, 1.82) is 0 Å². The Balaban J connectivity index is 1.37. The molecule has 4 rings (SSSR count). The van der Waals surface area contributed by atoms with Crippen LogP contribution in [0.3, 0.4) is 0 Å². The zero-order valence-corrected chi connectivity index (χ0v) is 16.7. The van der Waals surface area contributed by atoms with Crippen molar-refractivity contribution in [2.45, 2.75) is 32.1 Å². The lowest BCUT2D eigenvalue weighted by Crippen LogP contribution is -2.53. The van der Waals surface area contributed by atoms with Crippen molar-refractivity contribution in [2.24, 2.45) is 5.73 Å². The molecule has 0 radical (unpaired) electrons. The molecule has 0 bridgehead atoms. The second-order valence-corrected chi connectivity index (χ2v) is 7.83. The average molecular weight is 401 g/mol. The monoisotopic (exact) mass is 400 g/mol. The Bertz CT molecular complexity index is 850. The minimum Gasteiger partial charge on any atom is -0.368 e. The fourth-order valence-corrected chi connectivity index (χ4v) is 4.12. The highest BCUT2D eigenvalue weighted by Gasteiger charge is 2.30. The van der Waals surface area contributed by atoms with E-state index in [-0.39, 0.29) is 12.0 Å². The van der Waals surface area contributed by atoms with Gasteiger partial charge in [0.05, 0.1) is 24.4 Å². The summed E-state index contributed by atoms with van der Waals surface area (Å²) in [7, 11) is 0. The van der Waals surface area contributed by atoms with E-state index in [9.17, 15) is 4.79 Å². The van der Waals surface area contributed by atoms with Gasteiger partial charge in [0.15, 0.2) is 0 Å². The van der Waals surface area contributed by atoms with E-state index in [2.05, 4.69) is 16.8 Å². The predicted molar refractivity (Wildman–Crippen MR) is 109 cm³/mol. The smallest absolute Gasteiger partial charge is 0.239 e. The first-order valence-corrected chi connectivity index (χ1v) is 10.0. The molecule has 0 aliphatic carbocycles. The molecule has 6 nitrogen and oxygen atoms in total. The third-order valence-electron chi connectivity index (χ3n) is 5.54. The molecule has 1 amide bonds. The van der Waals surface area contributed by atoms with E-state index in [1.54, 1.807) is 0 Å². The molecule has 1 fully saturated rings. The van der Waals surface area contributed by atoms with Crippen molar-refractivity contribution in [3.05, 3.63) is 58.4 Å². The van der Waals surface area contributed by atoms with E-state index in [4.69, 9.17) is 22.1 Å². The van der Waals surface area contributed by atoms with Crippen LogP contribution in [0.15, 0.2) is 36.5 Å². The summed E-state index contributed by atoms with van der Waals surface area (Å²) in [6.07, 6.45) is 2.42. The van der Waals surface area contributed by atoms with Crippen LogP contribution in [-0.2, 0) is 22.6 Å². The van der Waals surface area contributed by atoms with Gasteiger partial charge in [-0.05, 0) is 37.1 Å². The van der Waals surface area contributed by atoms with Crippen LogP contribution in [-0.4, -0.2) is 48.0 Å². The van der Waals surface area contributed by atoms with Gasteiger partial charge in [-0.3, -0.25) is 9.78 Å². The van der Waals surface area contributed by atoms with Gasteiger partial charge in [-0.25, -0.2) is 0 Å². The van der Waals surface area contributed by atoms with E-state index in [0.717, 1.165) is 24.3 Å². The van der Waals surface area contributed by atoms with Crippen molar-refractivity contribution in [2.75, 3.05) is 31.1 Å². The molecule has 2 aliphatic heterocycles. The van der Waals surface area contributed by atoms with Gasteiger partial charge in [0.1, 0.15) is 0 Å². The molecule has 2 N–H and O–H groups in total. The SMILES string of the molecule is CC1OCc2nccc(N3CCN(C(=O)[C@@H](N)Cc4ccc(Cl)cc4)CC3)c21. The van der Waals surface area contributed by atoms with E-state index in [1.165, 1.54) is 11.3 Å². The predicted octanol–water partition coefficient (Wildman–Crippen LogP) is 2.54. The van der Waals surface area contributed by atoms with Crippen molar-refractivity contribution < 1.29 is 9.53 Å². The Hall–Kier alpha value is -2.15. The fraction of sp³-hybridized carbons (Fsp3) is 0.429. The molecule has 2 aromatic rings. The van der Waals surface area contributed by atoms with Crippen LogP contribution in [0.1, 0.15) is 29.8 Å². The first-order chi connectivity index (χ1) is 13.5. The zero-order chi connectivity index (χ0) is 19.7. The number of carbonyl (C=O) groups is 1. The van der Waals surface area contributed by atoms with Crippen molar-refractivity contribution in [1.82, 2.24) is 9.88 Å². The normalized spacial score (nSPS) is 20.2. The summed E-state index contributed by atoms with van der Waals surface area (Å²) in [4.78, 5) is 21.4. The second-order valence-electron chi connectivity index (χ2n) is 7.39. The summed E-state index contributed by atoms with van der Waals surface area (Å²) < 4.78 is 5.73. The number of carbonyl (C=O) groups excluding carboxylic acids is 1. The number of pyridine rings is 1. The number of fused-ring (bicyclic) bond motifs is 1. The number of aromatic nitrogens is 1. The number of hydrogen-bond donors (Lipinski definition) is 1. The number of nitrogens with zero attached hydrogens (tertiary/aromatic N) is 3. The zero-order valence-electron chi connectivity index (χ0n) is 16.0. The maximum Gasteiger partial charge on any atom is 0.239 e. The highest BCUT2D eigenvalue weighted by molar-refractivity contribution is 6.30. The topological polar surface area (TPSA) is 71.7 Å². The average Bonchev–Trinajstić information content (AvgIpc) is 3.10. The van der Waals surface area contributed by atoms with Crippen LogP contribution in [0, 0.1) is 0 Å². The molecule has 1 unspecified atom stereocenters. The Labute approximate surface area is 170 Å². The molecule has 148 valence electrons. The van der Waals surface area contributed by atoms with Crippen molar-refractivity contribution >= 4 is 23.2 Å². The lowest BCUT2D eigenvalue weighted by Gasteiger charge is -2.38. The van der Waals surface area contributed by atoms with E-state index in [0.29, 0.717) is 31.1 Å². The summed E-state index contributed by atoms with van der Waals surface area (Å²) >= 11 is 5.92. The van der Waals surface area contributed by atoms with Crippen LogP contribution in [0.5, 0.6) is 0 Å². The molecule has 0 saturated carbocycles. The highest BCUT2D eigenvalue weighted by atomic mass is 35.5. The molecule has 28 heavy (non-hydrogen) atoms. The van der Waals surface area contributed by atoms with Gasteiger partial charge in [0.25, 0.3) is 0 Å². The summed E-state index contributed by atoms with van der Waals surface area (Å²) in [5.41, 5.74) is 10.6. The molecule has 0 spiro atoms. The van der Waals surface area contributed by atoms with Gasteiger partial charge in [-0.1, -0.05) is 23.7 Å². The molecule has 3 heterocycles. The molecule has 2 aliphatic rings. The van der Waals surface area contributed by atoms with Gasteiger partial charge < -0.3 is 20.3 Å². The molecular formula is C21H25ClN4O2. The van der Waals surface area contributed by atoms with E-state index in [1.807, 2.05) is 41.4 Å². The number of amides is 1. The minimum atomic E-state index is -0.536. The maximum absolute atomic E-state index is 12.8. The highest BCUT2D eigenvalue weighted by Crippen LogP contribution is 2.36. The standard InChI is InChI=1S/C21H25ClN4O2/c1-14-20-18(13-28-14)24-7-6-19(20)25-8-10-26(11-9-25)21(27)17(23)12-15-2-4-16(22)5-3-15/h2-7,14,17H,8-13,23H2,1H3/t14?,17-/m0/s1. The lowest BCUT2D eigenvalue weighted by atomic mass is 10.0. The van der Waals surface area contributed by atoms with Crippen molar-refractivity contribution in [3.8, 4) is 0 Å². The van der Waals surface area contributed by atoms with Gasteiger partial charge in [-0.15, -0.1) is 0 Å². The number of ether oxygens (including phenoxy) is 1. The van der Waals surface area contributed by atoms with E-state index >= 15 is 0 Å². The third kappa shape index (κ3) is 3.85. The first-order valence-electron chi connectivity index (χ1n) is 9.66. The Kier molecular flexibility index (Phi) is 5.53. The number of halogens is 1.